The van der Waals surface area contributed by atoms with Crippen molar-refractivity contribution in [2.75, 3.05) is 23.2 Å². The monoisotopic (exact) mass is 742 g/mol. The van der Waals surface area contributed by atoms with Gasteiger partial charge in [-0.1, -0.05) is 0 Å². The van der Waals surface area contributed by atoms with Crippen LogP contribution in [0, 0.1) is 20.2 Å². The van der Waals surface area contributed by atoms with Crippen LogP contribution in [-0.2, 0) is 28.7 Å². The van der Waals surface area contributed by atoms with Crippen LogP contribution in [-0.4, -0.2) is 58.6 Å². The van der Waals surface area contributed by atoms with Crippen molar-refractivity contribution in [3.8, 4) is 0 Å². The number of carbonyl (C=O) groups is 6. The quantitative estimate of drug-likeness (QED) is 0.0772. The van der Waals surface area contributed by atoms with Gasteiger partial charge in [-0.05, 0) is 86.7 Å². The van der Waals surface area contributed by atoms with Crippen LogP contribution in [0.1, 0.15) is 46.1 Å². The molecule has 0 atom stereocenters. The maximum atomic E-state index is 12.5. The molecule has 0 radical (unpaired) electrons. The fraction of sp³-hybridized carbons (Fsp3) is 0.118. The van der Waals surface area contributed by atoms with Gasteiger partial charge in [0.15, 0.2) is 0 Å². The van der Waals surface area contributed by atoms with E-state index in [1.807, 2.05) is 0 Å². The van der Waals surface area contributed by atoms with Gasteiger partial charge in [0.05, 0.1) is 47.8 Å². The standard InChI is InChI=1S/2C17H13N3O7/c2*1-2-26-17(23)10-3-5-11(6-4-10)19-16(22)13(15(21)18-19)9-12-7-8-14(27-12)20(24)25/h2*3-9H,2H2,1H3,(H,18,21)/b2*13-9-. The number of esters is 2. The van der Waals surface area contributed by atoms with E-state index in [9.17, 15) is 49.0 Å². The summed E-state index contributed by atoms with van der Waals surface area (Å²) < 4.78 is 19.6. The van der Waals surface area contributed by atoms with E-state index in [0.717, 1.165) is 34.3 Å². The molecule has 4 heterocycles. The normalized spacial score (nSPS) is 15.1. The summed E-state index contributed by atoms with van der Waals surface area (Å²) in [7, 11) is 0. The first kappa shape index (κ1) is 37.4. The van der Waals surface area contributed by atoms with E-state index in [4.69, 9.17) is 18.3 Å². The van der Waals surface area contributed by atoms with Crippen molar-refractivity contribution >= 4 is 70.9 Å². The maximum absolute atomic E-state index is 12.5. The summed E-state index contributed by atoms with van der Waals surface area (Å²) in [5.41, 5.74) is 5.54. The second-order valence-corrected chi connectivity index (χ2v) is 10.7. The Morgan fingerprint density at radius 2 is 0.981 bits per heavy atom. The number of amides is 4. The zero-order chi connectivity index (χ0) is 39.1. The van der Waals surface area contributed by atoms with Gasteiger partial charge in [0, 0.05) is 0 Å². The molecule has 4 amide bonds. The van der Waals surface area contributed by atoms with Crippen LogP contribution in [0.25, 0.3) is 12.2 Å². The van der Waals surface area contributed by atoms with Gasteiger partial charge in [0.25, 0.3) is 23.6 Å². The number of anilines is 2. The van der Waals surface area contributed by atoms with E-state index in [2.05, 4.69) is 10.9 Å². The largest absolute Gasteiger partial charge is 0.462 e. The van der Waals surface area contributed by atoms with Crippen LogP contribution in [0.2, 0.25) is 0 Å². The van der Waals surface area contributed by atoms with Crippen LogP contribution < -0.4 is 20.9 Å². The Kier molecular flexibility index (Phi) is 11.1. The molecule has 54 heavy (non-hydrogen) atoms. The van der Waals surface area contributed by atoms with Crippen LogP contribution >= 0.6 is 0 Å². The Morgan fingerprint density at radius 3 is 1.28 bits per heavy atom. The highest BCUT2D eigenvalue weighted by Gasteiger charge is 2.36. The Labute approximate surface area is 302 Å². The van der Waals surface area contributed by atoms with Gasteiger partial charge >= 0.3 is 23.7 Å². The second-order valence-electron chi connectivity index (χ2n) is 10.7. The third kappa shape index (κ3) is 8.18. The first-order valence-electron chi connectivity index (χ1n) is 15.6. The summed E-state index contributed by atoms with van der Waals surface area (Å²) in [4.78, 5) is 92.3. The predicted molar refractivity (Wildman–Crippen MR) is 183 cm³/mol. The van der Waals surface area contributed by atoms with Gasteiger partial charge in [-0.15, -0.1) is 0 Å². The number of benzene rings is 2. The number of ether oxygens (including phenoxy) is 2. The van der Waals surface area contributed by atoms with Gasteiger partial charge in [-0.25, -0.2) is 19.6 Å². The van der Waals surface area contributed by atoms with Crippen molar-refractivity contribution in [1.82, 2.24) is 10.9 Å². The lowest BCUT2D eigenvalue weighted by Gasteiger charge is -2.14. The summed E-state index contributed by atoms with van der Waals surface area (Å²) >= 11 is 0. The van der Waals surface area contributed by atoms with E-state index < -0.39 is 57.2 Å². The molecular formula is C34H26N6O14. The molecule has 0 saturated carbocycles. The third-order valence-electron chi connectivity index (χ3n) is 7.21. The number of rotatable bonds is 10. The lowest BCUT2D eigenvalue weighted by molar-refractivity contribution is -0.402. The Morgan fingerprint density at radius 1 is 0.630 bits per heavy atom. The molecule has 2 saturated heterocycles. The molecule has 0 unspecified atom stereocenters. The number of furan rings is 2. The van der Waals surface area contributed by atoms with E-state index in [1.165, 1.54) is 60.7 Å². The van der Waals surface area contributed by atoms with Crippen molar-refractivity contribution in [1.29, 1.82) is 0 Å². The highest BCUT2D eigenvalue weighted by molar-refractivity contribution is 6.32. The molecule has 2 aliphatic heterocycles. The molecule has 2 aliphatic rings. The minimum atomic E-state index is -0.726. The average molecular weight is 743 g/mol. The molecule has 2 fully saturated rings. The molecule has 2 aromatic heterocycles. The van der Waals surface area contributed by atoms with Crippen molar-refractivity contribution in [3.05, 3.63) is 127 Å². The second kappa shape index (κ2) is 16.0. The van der Waals surface area contributed by atoms with Crippen molar-refractivity contribution < 1.29 is 56.9 Å². The van der Waals surface area contributed by atoms with Gasteiger partial charge in [-0.2, -0.15) is 0 Å². The summed E-state index contributed by atoms with van der Waals surface area (Å²) in [5, 5.41) is 23.3. The summed E-state index contributed by atoms with van der Waals surface area (Å²) in [6.07, 6.45) is 2.25. The number of carbonyl (C=O) groups excluding carboxylic acids is 6. The number of hydrazine groups is 2. The molecule has 6 rings (SSSR count). The van der Waals surface area contributed by atoms with Gasteiger partial charge in [0.2, 0.25) is 0 Å². The Hall–Kier alpha value is -7.90. The predicted octanol–water partition coefficient (Wildman–Crippen LogP) is 3.65. The molecule has 0 spiro atoms. The first-order chi connectivity index (χ1) is 25.8. The Balaban J connectivity index is 0.000000208. The molecule has 276 valence electrons. The number of nitrogens with one attached hydrogen (secondary N) is 2. The van der Waals surface area contributed by atoms with E-state index in [0.29, 0.717) is 22.5 Å². The SMILES string of the molecule is CCOC(=O)c1ccc(N2NC(=O)/C(=C/c3ccc([N+](=O)[O-])o3)C2=O)cc1.CCOC(=O)c1ccc(N2NC(=O)/C(=C/c3ccc([N+](=O)[O-])o3)C2=O)cc1. The summed E-state index contributed by atoms with van der Waals surface area (Å²) in [6, 6.07) is 16.6. The number of nitro groups is 2. The van der Waals surface area contributed by atoms with Crippen LogP contribution in [0.3, 0.4) is 0 Å². The fourth-order valence-electron chi connectivity index (χ4n) is 4.72. The van der Waals surface area contributed by atoms with Gasteiger partial charge in [0.1, 0.15) is 32.5 Å². The molecule has 0 aliphatic carbocycles. The smallest absolute Gasteiger partial charge is 0.433 e. The van der Waals surface area contributed by atoms with Crippen molar-refractivity contribution in [2.45, 2.75) is 13.8 Å². The first-order valence-corrected chi connectivity index (χ1v) is 15.6. The minimum absolute atomic E-state index is 0.000269. The van der Waals surface area contributed by atoms with E-state index in [-0.39, 0.29) is 35.9 Å². The van der Waals surface area contributed by atoms with Gasteiger partial charge in [-0.3, -0.25) is 50.3 Å². The number of nitrogens with zero attached hydrogens (tertiary/aromatic N) is 4. The number of hydrogen-bond acceptors (Lipinski definition) is 14. The van der Waals surface area contributed by atoms with E-state index in [1.54, 1.807) is 13.8 Å². The zero-order valence-electron chi connectivity index (χ0n) is 28.0. The van der Waals surface area contributed by atoms with Crippen molar-refractivity contribution in [2.24, 2.45) is 0 Å². The lowest BCUT2D eigenvalue weighted by atomic mass is 10.2. The lowest BCUT2D eigenvalue weighted by Crippen LogP contribution is -2.35. The molecule has 20 heteroatoms. The highest BCUT2D eigenvalue weighted by Crippen LogP contribution is 2.26. The highest BCUT2D eigenvalue weighted by atomic mass is 16.7. The fourth-order valence-corrected chi connectivity index (χ4v) is 4.72. The van der Waals surface area contributed by atoms with Crippen LogP contribution in [0.5, 0.6) is 0 Å². The van der Waals surface area contributed by atoms with E-state index >= 15 is 0 Å². The molecule has 4 aromatic rings. The zero-order valence-corrected chi connectivity index (χ0v) is 28.0. The third-order valence-corrected chi connectivity index (χ3v) is 7.21. The maximum Gasteiger partial charge on any atom is 0.433 e. The number of hydrogen-bond donors (Lipinski definition) is 2. The Bertz CT molecular complexity index is 2080. The summed E-state index contributed by atoms with van der Waals surface area (Å²) in [6.45, 7) is 3.85. The topological polar surface area (TPSA) is 264 Å². The summed E-state index contributed by atoms with van der Waals surface area (Å²) in [5.74, 6) is -4.70. The van der Waals surface area contributed by atoms with Crippen LogP contribution in [0.15, 0.2) is 92.8 Å². The molecule has 20 nitrogen and oxygen atoms in total. The molecule has 0 bridgehead atoms. The molecule has 2 aromatic carbocycles. The molecule has 2 N–H and O–H groups in total. The molecular weight excluding hydrogens is 716 g/mol. The average Bonchev–Trinajstić information content (AvgIpc) is 3.95. The van der Waals surface area contributed by atoms with Gasteiger partial charge < -0.3 is 18.3 Å². The van der Waals surface area contributed by atoms with Crippen LogP contribution in [0.4, 0.5) is 23.1 Å². The van der Waals surface area contributed by atoms with Crippen molar-refractivity contribution in [3.63, 3.8) is 0 Å². The minimum Gasteiger partial charge on any atom is -0.462 e.